The molecule has 3 unspecified atom stereocenters. The first-order valence-electron chi connectivity index (χ1n) is 17.6. The number of rotatable bonds is 9. The maximum atomic E-state index is 14.1. The molecule has 12 nitrogen and oxygen atoms in total. The summed E-state index contributed by atoms with van der Waals surface area (Å²) < 4.78 is 17.8. The van der Waals surface area contributed by atoms with E-state index in [0.29, 0.717) is 19.3 Å². The molecule has 0 bridgehead atoms. The molecule has 0 aromatic heterocycles. The Hall–Kier alpha value is -3.18. The van der Waals surface area contributed by atoms with Gasteiger partial charge in [0.2, 0.25) is 0 Å². The number of likely N-dealkylation sites (N-methyl/N-ethyl adjacent to an activating group) is 3. The predicted octanol–water partition coefficient (Wildman–Crippen LogP) is 4.32. The number of amides is 3. The van der Waals surface area contributed by atoms with E-state index >= 15 is 0 Å². The van der Waals surface area contributed by atoms with Gasteiger partial charge in [0.25, 0.3) is 17.7 Å². The molecule has 9 atom stereocenters. The van der Waals surface area contributed by atoms with Gasteiger partial charge in [0, 0.05) is 21.1 Å². The summed E-state index contributed by atoms with van der Waals surface area (Å²) in [5, 5.41) is 0. The number of carbonyl (C=O) groups excluding carboxylic acids is 6. The van der Waals surface area contributed by atoms with Crippen LogP contribution in [0.15, 0.2) is 0 Å². The van der Waals surface area contributed by atoms with Crippen LogP contribution in [0.25, 0.3) is 0 Å². The van der Waals surface area contributed by atoms with Crippen LogP contribution in [-0.4, -0.2) is 108 Å². The lowest BCUT2D eigenvalue weighted by Crippen LogP contribution is -2.58. The fourth-order valence-corrected chi connectivity index (χ4v) is 6.00. The lowest BCUT2D eigenvalue weighted by Gasteiger charge is -2.39. The molecule has 0 aliphatic carbocycles. The Morgan fingerprint density at radius 1 is 0.438 bits per heavy atom. The second-order valence-corrected chi connectivity index (χ2v) is 14.6. The van der Waals surface area contributed by atoms with Crippen LogP contribution in [0.5, 0.6) is 0 Å². The zero-order valence-electron chi connectivity index (χ0n) is 32.1. The fourth-order valence-electron chi connectivity index (χ4n) is 6.00. The van der Waals surface area contributed by atoms with E-state index in [1.54, 1.807) is 62.3 Å². The Bertz CT molecular complexity index is 1000. The zero-order valence-corrected chi connectivity index (χ0v) is 32.1. The molecular weight excluding hydrogens is 618 g/mol. The highest BCUT2D eigenvalue weighted by Gasteiger charge is 2.46. The van der Waals surface area contributed by atoms with Crippen LogP contribution in [0.2, 0.25) is 0 Å². The first kappa shape index (κ1) is 42.8. The summed E-state index contributed by atoms with van der Waals surface area (Å²) in [6.07, 6.45) is -2.32. The largest absolute Gasteiger partial charge is 0.450 e. The maximum Gasteiger partial charge on any atom is 0.329 e. The average Bonchev–Trinajstić information content (AvgIpc) is 3.02. The highest BCUT2D eigenvalue weighted by Crippen LogP contribution is 2.27. The summed E-state index contributed by atoms with van der Waals surface area (Å²) in [6.45, 7) is 21.4. The summed E-state index contributed by atoms with van der Waals surface area (Å²) in [5.74, 6) is -6.73. The van der Waals surface area contributed by atoms with Crippen molar-refractivity contribution in [1.82, 2.24) is 14.7 Å². The van der Waals surface area contributed by atoms with Crippen LogP contribution in [0.1, 0.15) is 102 Å². The fraction of sp³-hybridized carbons (Fsp3) is 0.833. The van der Waals surface area contributed by atoms with Crippen LogP contribution in [0, 0.1) is 35.5 Å². The van der Waals surface area contributed by atoms with Gasteiger partial charge in [-0.3, -0.25) is 14.4 Å². The summed E-state index contributed by atoms with van der Waals surface area (Å²) in [4.78, 5) is 87.8. The number of hydrogen-bond donors (Lipinski definition) is 0. The van der Waals surface area contributed by atoms with Crippen molar-refractivity contribution in [1.29, 1.82) is 0 Å². The van der Waals surface area contributed by atoms with Gasteiger partial charge in [0.1, 0.15) is 18.1 Å². The first-order valence-corrected chi connectivity index (χ1v) is 17.6. The van der Waals surface area contributed by atoms with Gasteiger partial charge in [-0.05, 0) is 35.5 Å². The Balaban J connectivity index is 4.04. The number of carbonyl (C=O) groups is 6. The van der Waals surface area contributed by atoms with Crippen LogP contribution in [0.3, 0.4) is 0 Å². The van der Waals surface area contributed by atoms with E-state index in [1.807, 2.05) is 20.8 Å². The maximum absolute atomic E-state index is 14.1. The lowest BCUT2D eigenvalue weighted by atomic mass is 9.94. The van der Waals surface area contributed by atoms with Gasteiger partial charge < -0.3 is 28.9 Å². The van der Waals surface area contributed by atoms with Gasteiger partial charge in [0.05, 0.1) is 0 Å². The van der Waals surface area contributed by atoms with Crippen molar-refractivity contribution in [2.24, 2.45) is 35.5 Å². The lowest BCUT2D eigenvalue weighted by molar-refractivity contribution is -0.182. The SMILES string of the molecule is CCC(C)[C@H]1C(=O)O[C@H](C(C)C)C(=O)N(C)[C@@H](C(C)CC)C(=O)O[C@H](C(C)C)C(=O)N(C)[C@@H](C(C)CC)C(=O)O[C@H](C(C)C)C(=O)N1C. The third kappa shape index (κ3) is 9.94. The van der Waals surface area contributed by atoms with Crippen molar-refractivity contribution in [3.05, 3.63) is 0 Å². The molecule has 1 rings (SSSR count). The molecule has 0 spiro atoms. The number of hydrogen-bond acceptors (Lipinski definition) is 9. The molecule has 276 valence electrons. The molecule has 0 saturated carbocycles. The van der Waals surface area contributed by atoms with Crippen LogP contribution in [-0.2, 0) is 43.0 Å². The Labute approximate surface area is 288 Å². The van der Waals surface area contributed by atoms with Gasteiger partial charge in [-0.1, -0.05) is 102 Å². The van der Waals surface area contributed by atoms with Gasteiger partial charge in [-0.25, -0.2) is 14.4 Å². The van der Waals surface area contributed by atoms with Crippen LogP contribution < -0.4 is 0 Å². The van der Waals surface area contributed by atoms with Crippen molar-refractivity contribution >= 4 is 35.6 Å². The van der Waals surface area contributed by atoms with Crippen molar-refractivity contribution in [2.45, 2.75) is 139 Å². The quantitative estimate of drug-likeness (QED) is 0.257. The second-order valence-electron chi connectivity index (χ2n) is 14.6. The minimum atomic E-state index is -1.28. The topological polar surface area (TPSA) is 140 Å². The van der Waals surface area contributed by atoms with Crippen molar-refractivity contribution in [3.63, 3.8) is 0 Å². The van der Waals surface area contributed by atoms with Gasteiger partial charge in [-0.2, -0.15) is 0 Å². The monoisotopic (exact) mass is 681 g/mol. The molecule has 0 aromatic carbocycles. The molecule has 1 saturated heterocycles. The Morgan fingerprint density at radius 3 is 0.771 bits per heavy atom. The van der Waals surface area contributed by atoms with Gasteiger partial charge in [0.15, 0.2) is 18.3 Å². The van der Waals surface area contributed by atoms with Crippen molar-refractivity contribution in [3.8, 4) is 0 Å². The Morgan fingerprint density at radius 2 is 0.625 bits per heavy atom. The number of esters is 3. The third-order valence-corrected chi connectivity index (χ3v) is 9.84. The number of cyclic esters (lactones) is 3. The molecule has 0 N–H and O–H groups in total. The summed E-state index contributed by atoms with van der Waals surface area (Å²) in [7, 11) is 4.39. The predicted molar refractivity (Wildman–Crippen MR) is 182 cm³/mol. The van der Waals surface area contributed by atoms with E-state index in [4.69, 9.17) is 14.2 Å². The first-order chi connectivity index (χ1) is 22.2. The molecular formula is C36H63N3O9. The highest BCUT2D eigenvalue weighted by atomic mass is 16.6. The number of nitrogens with zero attached hydrogens (tertiary/aromatic N) is 3. The minimum Gasteiger partial charge on any atom is -0.450 e. The van der Waals surface area contributed by atoms with E-state index in [9.17, 15) is 28.8 Å². The standard InChI is InChI=1S/C36H63N3O9/c1-16-22(10)25-34(43)46-29(20(6)7)32(41)38(14)27(24(12)18-3)36(45)48-30(21(8)9)33(42)39(15)26(23(11)17-2)35(44)47-28(19(4)5)31(40)37(25)13/h19-30H,16-18H2,1-15H3/t22?,23?,24?,25-,26-,27-,28+,29+,30+/m0/s1. The number of ether oxygens (including phenoxy) is 3. The normalized spacial score (nSPS) is 28.2. The van der Waals surface area contributed by atoms with E-state index in [2.05, 4.69) is 0 Å². The smallest absolute Gasteiger partial charge is 0.329 e. The molecule has 0 aromatic rings. The van der Waals surface area contributed by atoms with E-state index < -0.39 is 89.8 Å². The average molecular weight is 682 g/mol. The highest BCUT2D eigenvalue weighted by molar-refractivity contribution is 5.94. The minimum absolute atomic E-state index is 0.381. The zero-order chi connectivity index (χ0) is 37.4. The summed E-state index contributed by atoms with van der Waals surface area (Å²) in [6, 6.07) is -3.30. The molecule has 1 aliphatic rings. The Kier molecular flexibility index (Phi) is 16.6. The molecule has 48 heavy (non-hydrogen) atoms. The van der Waals surface area contributed by atoms with Crippen LogP contribution >= 0.6 is 0 Å². The van der Waals surface area contributed by atoms with E-state index in [-0.39, 0.29) is 17.8 Å². The molecule has 12 heteroatoms. The molecule has 3 amide bonds. The van der Waals surface area contributed by atoms with Crippen LogP contribution in [0.4, 0.5) is 0 Å². The van der Waals surface area contributed by atoms with E-state index in [1.165, 1.54) is 35.8 Å². The molecule has 1 aliphatic heterocycles. The van der Waals surface area contributed by atoms with Gasteiger partial charge in [-0.15, -0.1) is 0 Å². The molecule has 1 fully saturated rings. The van der Waals surface area contributed by atoms with Crippen molar-refractivity contribution < 1.29 is 43.0 Å². The van der Waals surface area contributed by atoms with E-state index in [0.717, 1.165) is 0 Å². The van der Waals surface area contributed by atoms with Gasteiger partial charge >= 0.3 is 17.9 Å². The summed E-state index contributed by atoms with van der Waals surface area (Å²) in [5.41, 5.74) is 0. The second kappa shape index (κ2) is 18.5. The molecule has 1 heterocycles. The van der Waals surface area contributed by atoms with Crippen molar-refractivity contribution in [2.75, 3.05) is 21.1 Å². The molecule has 0 radical (unpaired) electrons. The summed E-state index contributed by atoms with van der Waals surface area (Å²) >= 11 is 0. The third-order valence-electron chi connectivity index (χ3n) is 9.84.